The highest BCUT2D eigenvalue weighted by Gasteiger charge is 2.27. The van der Waals surface area contributed by atoms with Crippen molar-refractivity contribution in [1.29, 1.82) is 0 Å². The van der Waals surface area contributed by atoms with E-state index in [4.69, 9.17) is 9.47 Å². The minimum absolute atomic E-state index is 0.0454. The van der Waals surface area contributed by atoms with Crippen molar-refractivity contribution < 1.29 is 14.3 Å². The van der Waals surface area contributed by atoms with Crippen LogP contribution in [0.2, 0.25) is 0 Å². The number of anilines is 1. The first-order valence-electron chi connectivity index (χ1n) is 9.16. The lowest BCUT2D eigenvalue weighted by Crippen LogP contribution is -2.46. The number of amides is 2. The van der Waals surface area contributed by atoms with E-state index in [0.717, 1.165) is 49.6 Å². The fraction of sp³-hybridized carbons (Fsp3) is 0.474. The van der Waals surface area contributed by atoms with E-state index in [1.165, 1.54) is 6.42 Å². The maximum absolute atomic E-state index is 12.8. The average molecular weight is 356 g/mol. The molecule has 0 saturated carbocycles. The molecule has 2 aromatic rings. The molecule has 0 unspecified atom stereocenters. The highest BCUT2D eigenvalue weighted by Crippen LogP contribution is 2.34. The molecule has 26 heavy (non-hydrogen) atoms. The lowest BCUT2D eigenvalue weighted by molar-refractivity contribution is 0.155. The summed E-state index contributed by atoms with van der Waals surface area (Å²) in [6, 6.07) is 5.69. The van der Waals surface area contributed by atoms with Gasteiger partial charge in [0, 0.05) is 43.3 Å². The molecule has 1 fully saturated rings. The monoisotopic (exact) mass is 356 g/mol. The van der Waals surface area contributed by atoms with Crippen LogP contribution in [0.4, 0.5) is 10.5 Å². The molecule has 7 nitrogen and oxygen atoms in total. The normalized spacial score (nSPS) is 18.8. The number of urea groups is 1. The van der Waals surface area contributed by atoms with Crippen molar-refractivity contribution >= 4 is 11.7 Å². The summed E-state index contributed by atoms with van der Waals surface area (Å²) in [6.07, 6.45) is 8.01. The molecule has 1 N–H and O–H groups in total. The van der Waals surface area contributed by atoms with Gasteiger partial charge in [-0.1, -0.05) is 0 Å². The number of nitrogens with zero attached hydrogens (tertiary/aromatic N) is 3. The molecule has 0 bridgehead atoms. The third-order valence-corrected chi connectivity index (χ3v) is 5.14. The Morgan fingerprint density at radius 1 is 1.31 bits per heavy atom. The summed E-state index contributed by atoms with van der Waals surface area (Å²) in [5, 5.41) is 3.01. The Labute approximate surface area is 152 Å². The van der Waals surface area contributed by atoms with Gasteiger partial charge in [-0.25, -0.2) is 9.78 Å². The molecule has 2 amide bonds. The second-order valence-electron chi connectivity index (χ2n) is 6.80. The van der Waals surface area contributed by atoms with E-state index in [-0.39, 0.29) is 18.9 Å². The van der Waals surface area contributed by atoms with Crippen LogP contribution in [-0.4, -0.2) is 39.9 Å². The van der Waals surface area contributed by atoms with Crippen LogP contribution in [-0.2, 0) is 6.54 Å². The standard InChI is InChI=1S/C19H24N4O3/c1-14-20-8-11-22(14)10-7-16-4-2-3-9-23(16)19(24)21-15-5-6-17-18(12-15)26-13-25-17/h5-6,8,11-12,16H,2-4,7,9-10,13H2,1H3,(H,21,24)/t16-/m1/s1. The van der Waals surface area contributed by atoms with Crippen molar-refractivity contribution in [2.75, 3.05) is 18.7 Å². The number of hydrogen-bond donors (Lipinski definition) is 1. The number of carbonyl (C=O) groups excluding carboxylic acids is 1. The molecule has 1 saturated heterocycles. The fourth-order valence-electron chi connectivity index (χ4n) is 3.67. The van der Waals surface area contributed by atoms with Gasteiger partial charge in [0.2, 0.25) is 6.79 Å². The van der Waals surface area contributed by atoms with Crippen molar-refractivity contribution in [2.24, 2.45) is 0 Å². The van der Waals surface area contributed by atoms with Crippen LogP contribution in [0, 0.1) is 6.92 Å². The van der Waals surface area contributed by atoms with Crippen LogP contribution in [0.15, 0.2) is 30.6 Å². The van der Waals surface area contributed by atoms with E-state index in [9.17, 15) is 4.79 Å². The lowest BCUT2D eigenvalue weighted by Gasteiger charge is -2.36. The van der Waals surface area contributed by atoms with Crippen LogP contribution in [0.25, 0.3) is 0 Å². The first kappa shape index (κ1) is 16.8. The number of hydrogen-bond acceptors (Lipinski definition) is 4. The number of imidazole rings is 1. The Morgan fingerprint density at radius 3 is 3.04 bits per heavy atom. The number of aryl methyl sites for hydroxylation is 2. The largest absolute Gasteiger partial charge is 0.454 e. The SMILES string of the molecule is Cc1nccn1CC[C@H]1CCCCN1C(=O)Nc1ccc2c(c1)OCO2. The molecule has 1 aromatic carbocycles. The van der Waals surface area contributed by atoms with Gasteiger partial charge in [0.1, 0.15) is 5.82 Å². The first-order chi connectivity index (χ1) is 12.7. The molecule has 7 heteroatoms. The number of likely N-dealkylation sites (tertiary alicyclic amines) is 1. The smallest absolute Gasteiger partial charge is 0.322 e. The van der Waals surface area contributed by atoms with Crippen LogP contribution >= 0.6 is 0 Å². The van der Waals surface area contributed by atoms with E-state index in [1.54, 1.807) is 0 Å². The second kappa shape index (κ2) is 7.27. The summed E-state index contributed by atoms with van der Waals surface area (Å²) in [7, 11) is 0. The summed E-state index contributed by atoms with van der Waals surface area (Å²) >= 11 is 0. The van der Waals surface area contributed by atoms with Crippen molar-refractivity contribution in [3.63, 3.8) is 0 Å². The second-order valence-corrected chi connectivity index (χ2v) is 6.80. The highest BCUT2D eigenvalue weighted by atomic mass is 16.7. The molecule has 1 atom stereocenters. The van der Waals surface area contributed by atoms with Crippen LogP contribution in [0.3, 0.4) is 0 Å². The predicted molar refractivity (Wildman–Crippen MR) is 97.5 cm³/mol. The van der Waals surface area contributed by atoms with E-state index < -0.39 is 0 Å². The Bertz CT molecular complexity index is 789. The molecular formula is C19H24N4O3. The van der Waals surface area contributed by atoms with Crippen molar-refractivity contribution in [1.82, 2.24) is 14.5 Å². The maximum Gasteiger partial charge on any atom is 0.322 e. The summed E-state index contributed by atoms with van der Waals surface area (Å²) in [5.41, 5.74) is 0.731. The van der Waals surface area contributed by atoms with Gasteiger partial charge in [-0.3, -0.25) is 0 Å². The highest BCUT2D eigenvalue weighted by molar-refractivity contribution is 5.90. The molecule has 0 radical (unpaired) electrons. The molecule has 4 rings (SSSR count). The van der Waals surface area contributed by atoms with Gasteiger partial charge in [0.15, 0.2) is 11.5 Å². The van der Waals surface area contributed by atoms with Gasteiger partial charge >= 0.3 is 6.03 Å². The Kier molecular flexibility index (Phi) is 4.69. The van der Waals surface area contributed by atoms with Gasteiger partial charge in [0.25, 0.3) is 0 Å². The molecular weight excluding hydrogens is 332 g/mol. The summed E-state index contributed by atoms with van der Waals surface area (Å²) in [6.45, 7) is 3.91. The number of benzene rings is 1. The van der Waals surface area contributed by atoms with E-state index in [1.807, 2.05) is 42.4 Å². The minimum Gasteiger partial charge on any atom is -0.454 e. The first-order valence-corrected chi connectivity index (χ1v) is 9.16. The number of aromatic nitrogens is 2. The average Bonchev–Trinajstić information content (AvgIpc) is 3.28. The number of carbonyl (C=O) groups is 1. The zero-order valence-corrected chi connectivity index (χ0v) is 15.0. The number of ether oxygens (including phenoxy) is 2. The van der Waals surface area contributed by atoms with Crippen molar-refractivity contribution in [2.45, 2.75) is 45.2 Å². The topological polar surface area (TPSA) is 68.6 Å². The van der Waals surface area contributed by atoms with Gasteiger partial charge in [-0.15, -0.1) is 0 Å². The zero-order chi connectivity index (χ0) is 17.9. The van der Waals surface area contributed by atoms with Gasteiger partial charge < -0.3 is 24.3 Å². The Morgan fingerprint density at radius 2 is 2.19 bits per heavy atom. The van der Waals surface area contributed by atoms with Crippen LogP contribution in [0.5, 0.6) is 11.5 Å². The van der Waals surface area contributed by atoms with Crippen molar-refractivity contribution in [3.8, 4) is 11.5 Å². The third-order valence-electron chi connectivity index (χ3n) is 5.14. The number of piperidine rings is 1. The molecule has 2 aliphatic heterocycles. The van der Waals surface area contributed by atoms with E-state index >= 15 is 0 Å². The molecule has 0 aliphatic carbocycles. The van der Waals surface area contributed by atoms with Gasteiger partial charge in [0.05, 0.1) is 0 Å². The molecule has 0 spiro atoms. The van der Waals surface area contributed by atoms with Gasteiger partial charge in [-0.2, -0.15) is 0 Å². The Hall–Kier alpha value is -2.70. The molecule has 3 heterocycles. The summed E-state index contributed by atoms with van der Waals surface area (Å²) in [5.74, 6) is 2.40. The summed E-state index contributed by atoms with van der Waals surface area (Å²) in [4.78, 5) is 19.1. The molecule has 1 aromatic heterocycles. The lowest BCUT2D eigenvalue weighted by atomic mass is 9.99. The number of nitrogens with one attached hydrogen (secondary N) is 1. The maximum atomic E-state index is 12.8. The zero-order valence-electron chi connectivity index (χ0n) is 15.0. The number of fused-ring (bicyclic) bond motifs is 1. The molecule has 2 aliphatic rings. The van der Waals surface area contributed by atoms with Crippen molar-refractivity contribution in [3.05, 3.63) is 36.4 Å². The van der Waals surface area contributed by atoms with E-state index in [2.05, 4.69) is 14.9 Å². The third kappa shape index (κ3) is 3.47. The van der Waals surface area contributed by atoms with Gasteiger partial charge in [-0.05, 0) is 44.7 Å². The molecule has 138 valence electrons. The fourth-order valence-corrected chi connectivity index (χ4v) is 3.67. The Balaban J connectivity index is 1.40. The number of rotatable bonds is 4. The predicted octanol–water partition coefficient (Wildman–Crippen LogP) is 3.40. The minimum atomic E-state index is -0.0454. The van der Waals surface area contributed by atoms with E-state index in [0.29, 0.717) is 5.75 Å². The van der Waals surface area contributed by atoms with Crippen LogP contribution < -0.4 is 14.8 Å². The summed E-state index contributed by atoms with van der Waals surface area (Å²) < 4.78 is 12.8. The van der Waals surface area contributed by atoms with Crippen LogP contribution in [0.1, 0.15) is 31.5 Å². The quantitative estimate of drug-likeness (QED) is 0.912.